The van der Waals surface area contributed by atoms with E-state index in [1.165, 1.54) is 42.6 Å². The fraction of sp³-hybridized carbons (Fsp3) is 0.259. The average Bonchev–Trinajstić information content (AvgIpc) is 2.91. The molecule has 38 heavy (non-hydrogen) atoms. The molecule has 0 spiro atoms. The van der Waals surface area contributed by atoms with Gasteiger partial charge in [-0.1, -0.05) is 18.7 Å². The van der Waals surface area contributed by atoms with Gasteiger partial charge in [0, 0.05) is 62.1 Å². The molecule has 1 heterocycles. The maximum atomic E-state index is 13.0. The number of nitrogens with zero attached hydrogens (tertiary/aromatic N) is 5. The van der Waals surface area contributed by atoms with Gasteiger partial charge >= 0.3 is 0 Å². The summed E-state index contributed by atoms with van der Waals surface area (Å²) in [6, 6.07) is 10.6. The summed E-state index contributed by atoms with van der Waals surface area (Å²) in [5.74, 6) is 0.0897. The molecule has 0 atom stereocenters. The van der Waals surface area contributed by atoms with Crippen LogP contribution in [-0.2, 0) is 11.2 Å². The van der Waals surface area contributed by atoms with Gasteiger partial charge in [0.2, 0.25) is 11.7 Å². The van der Waals surface area contributed by atoms with Gasteiger partial charge in [0.05, 0.1) is 23.4 Å². The molecule has 0 unspecified atom stereocenters. The van der Waals surface area contributed by atoms with Crippen LogP contribution in [0, 0.1) is 10.1 Å². The van der Waals surface area contributed by atoms with Gasteiger partial charge in [0.1, 0.15) is 17.3 Å². The molecule has 0 fully saturated rings. The van der Waals surface area contributed by atoms with Crippen molar-refractivity contribution in [1.82, 2.24) is 14.9 Å². The number of anilines is 2. The van der Waals surface area contributed by atoms with Crippen molar-refractivity contribution in [2.24, 2.45) is 0 Å². The normalized spacial score (nSPS) is 10.7. The van der Waals surface area contributed by atoms with E-state index in [-0.39, 0.29) is 29.3 Å². The first-order chi connectivity index (χ1) is 18.1. The molecule has 0 bridgehead atoms. The van der Waals surface area contributed by atoms with Crippen LogP contribution in [0.1, 0.15) is 27.4 Å². The Kier molecular flexibility index (Phi) is 9.23. The van der Waals surface area contributed by atoms with Crippen LogP contribution in [0.3, 0.4) is 0 Å². The maximum absolute atomic E-state index is 13.0. The Balaban J connectivity index is 1.96. The van der Waals surface area contributed by atoms with Crippen molar-refractivity contribution in [3.63, 3.8) is 0 Å². The summed E-state index contributed by atoms with van der Waals surface area (Å²) >= 11 is 0. The van der Waals surface area contributed by atoms with Crippen LogP contribution < -0.4 is 15.0 Å². The van der Waals surface area contributed by atoms with Crippen molar-refractivity contribution in [2.75, 3.05) is 51.6 Å². The van der Waals surface area contributed by atoms with E-state index in [9.17, 15) is 19.7 Å². The number of benzene rings is 2. The summed E-state index contributed by atoms with van der Waals surface area (Å²) < 4.78 is 5.65. The fourth-order valence-corrected chi connectivity index (χ4v) is 3.70. The quantitative estimate of drug-likeness (QED) is 0.166. The number of carbonyl (C=O) groups is 2. The molecule has 0 saturated heterocycles. The summed E-state index contributed by atoms with van der Waals surface area (Å²) in [5.41, 5.74) is 2.10. The molecular weight excluding hydrogens is 488 g/mol. The molecule has 11 heteroatoms. The number of non-ortho nitro benzene ring substituents is 1. The number of ether oxygens (including phenoxy) is 1. The van der Waals surface area contributed by atoms with Gasteiger partial charge in [0.25, 0.3) is 5.69 Å². The highest BCUT2D eigenvalue weighted by molar-refractivity contribution is 6.08. The number of nitrogens with one attached hydrogen (secondary N) is 1. The zero-order valence-electron chi connectivity index (χ0n) is 21.8. The van der Waals surface area contributed by atoms with Crippen molar-refractivity contribution in [3.8, 4) is 5.75 Å². The maximum Gasteiger partial charge on any atom is 0.270 e. The first-order valence-corrected chi connectivity index (χ1v) is 11.7. The number of hydrogen-bond donors (Lipinski definition) is 1. The van der Waals surface area contributed by atoms with Crippen LogP contribution in [0.2, 0.25) is 0 Å². The summed E-state index contributed by atoms with van der Waals surface area (Å²) in [7, 11) is 7.44. The summed E-state index contributed by atoms with van der Waals surface area (Å²) in [6.07, 6.45) is 2.86. The van der Waals surface area contributed by atoms with Crippen molar-refractivity contribution < 1.29 is 19.2 Å². The molecule has 0 aliphatic carbocycles. The number of aromatic nitrogens is 2. The highest BCUT2D eigenvalue weighted by Crippen LogP contribution is 2.34. The lowest BCUT2D eigenvalue weighted by Crippen LogP contribution is -2.29. The molecule has 11 nitrogen and oxygen atoms in total. The Labute approximate surface area is 220 Å². The van der Waals surface area contributed by atoms with Crippen LogP contribution in [0.25, 0.3) is 0 Å². The highest BCUT2D eigenvalue weighted by atomic mass is 16.6. The first kappa shape index (κ1) is 27.9. The second-order valence-corrected chi connectivity index (χ2v) is 8.77. The number of nitro groups is 1. The standard InChI is InChI=1S/C27H30N6O5/c1-6-26(34)30-22-15-19(24(38-5)17-23(22)32(4)13-12-31(2)3)16-25-28-11-10-21(29-25)27(35)18-8-7-9-20(14-18)33(36)37/h6-11,14-15,17H,1,12-13,16H2,2-5H3,(H,30,34). The van der Waals surface area contributed by atoms with Crippen molar-refractivity contribution >= 4 is 28.8 Å². The zero-order valence-corrected chi connectivity index (χ0v) is 21.8. The largest absolute Gasteiger partial charge is 0.496 e. The third kappa shape index (κ3) is 6.98. The topological polar surface area (TPSA) is 131 Å². The number of methoxy groups -OCH3 is 1. The van der Waals surface area contributed by atoms with Gasteiger partial charge in [-0.3, -0.25) is 19.7 Å². The minimum Gasteiger partial charge on any atom is -0.496 e. The smallest absolute Gasteiger partial charge is 0.270 e. The minimum atomic E-state index is -0.557. The molecule has 1 aromatic heterocycles. The van der Waals surface area contributed by atoms with Crippen molar-refractivity contribution in [2.45, 2.75) is 6.42 Å². The summed E-state index contributed by atoms with van der Waals surface area (Å²) in [6.45, 7) is 5.04. The average molecular weight is 519 g/mol. The van der Waals surface area contributed by atoms with Gasteiger partial charge in [-0.15, -0.1) is 0 Å². The number of ketones is 1. The Bertz CT molecular complexity index is 1360. The van der Waals surface area contributed by atoms with Crippen LogP contribution >= 0.6 is 0 Å². The van der Waals surface area contributed by atoms with Crippen LogP contribution in [0.4, 0.5) is 17.1 Å². The lowest BCUT2D eigenvalue weighted by Gasteiger charge is -2.25. The van der Waals surface area contributed by atoms with Crippen LogP contribution in [-0.4, -0.2) is 72.8 Å². The molecule has 1 amide bonds. The molecule has 0 aliphatic heterocycles. The zero-order chi connectivity index (χ0) is 27.8. The van der Waals surface area contributed by atoms with E-state index in [0.29, 0.717) is 29.4 Å². The van der Waals surface area contributed by atoms with Gasteiger partial charge in [-0.05, 0) is 32.3 Å². The van der Waals surface area contributed by atoms with E-state index in [0.717, 1.165) is 12.2 Å². The van der Waals surface area contributed by atoms with E-state index in [4.69, 9.17) is 4.74 Å². The SMILES string of the molecule is C=CC(=O)Nc1cc(Cc2nccc(C(=O)c3cccc([N+](=O)[O-])c3)n2)c(OC)cc1N(C)CCN(C)C. The van der Waals surface area contributed by atoms with Gasteiger partial charge < -0.3 is 19.9 Å². The predicted octanol–water partition coefficient (Wildman–Crippen LogP) is 3.34. The number of hydrogen-bond acceptors (Lipinski definition) is 9. The van der Waals surface area contributed by atoms with Crippen LogP contribution in [0.5, 0.6) is 5.75 Å². The van der Waals surface area contributed by atoms with Crippen molar-refractivity contribution in [3.05, 3.63) is 94.1 Å². The summed E-state index contributed by atoms with van der Waals surface area (Å²) in [5, 5.41) is 13.9. The molecule has 198 valence electrons. The van der Waals surface area contributed by atoms with E-state index in [1.807, 2.05) is 32.1 Å². The Morgan fingerprint density at radius 2 is 1.92 bits per heavy atom. The number of carbonyl (C=O) groups excluding carboxylic acids is 2. The van der Waals surface area contributed by atoms with Gasteiger partial charge in [-0.2, -0.15) is 0 Å². The predicted molar refractivity (Wildman–Crippen MR) is 145 cm³/mol. The number of rotatable bonds is 12. The molecule has 0 radical (unpaired) electrons. The lowest BCUT2D eigenvalue weighted by molar-refractivity contribution is -0.384. The van der Waals surface area contributed by atoms with Gasteiger partial charge in [0.15, 0.2) is 0 Å². The second-order valence-electron chi connectivity index (χ2n) is 8.77. The molecule has 2 aromatic carbocycles. The number of nitro benzene ring substituents is 1. The van der Waals surface area contributed by atoms with Crippen LogP contribution in [0.15, 0.2) is 61.3 Å². The van der Waals surface area contributed by atoms with E-state index >= 15 is 0 Å². The Morgan fingerprint density at radius 3 is 2.58 bits per heavy atom. The third-order valence-electron chi connectivity index (χ3n) is 5.74. The monoisotopic (exact) mass is 518 g/mol. The van der Waals surface area contributed by atoms with E-state index in [2.05, 4.69) is 26.8 Å². The van der Waals surface area contributed by atoms with E-state index < -0.39 is 10.7 Å². The Hall–Kier alpha value is -4.64. The molecular formula is C27H30N6O5. The fourth-order valence-electron chi connectivity index (χ4n) is 3.70. The Morgan fingerprint density at radius 1 is 1.16 bits per heavy atom. The molecule has 0 aliphatic rings. The molecule has 1 N–H and O–H groups in total. The number of amides is 1. The first-order valence-electron chi connectivity index (χ1n) is 11.7. The summed E-state index contributed by atoms with van der Waals surface area (Å²) in [4.78, 5) is 48.5. The molecule has 0 saturated carbocycles. The van der Waals surface area contributed by atoms with E-state index in [1.54, 1.807) is 13.2 Å². The minimum absolute atomic E-state index is 0.106. The highest BCUT2D eigenvalue weighted by Gasteiger charge is 2.19. The van der Waals surface area contributed by atoms with Crippen molar-refractivity contribution in [1.29, 1.82) is 0 Å². The second kappa shape index (κ2) is 12.5. The molecule has 3 aromatic rings. The lowest BCUT2D eigenvalue weighted by atomic mass is 10.1. The third-order valence-corrected chi connectivity index (χ3v) is 5.74. The number of likely N-dealkylation sites (N-methyl/N-ethyl adjacent to an activating group) is 2. The van der Waals surface area contributed by atoms with Gasteiger partial charge in [-0.25, -0.2) is 9.97 Å². The molecule has 3 rings (SSSR count).